The molecule has 136 valence electrons. The average Bonchev–Trinajstić information content (AvgIpc) is 2.61. The van der Waals surface area contributed by atoms with Crippen molar-refractivity contribution in [2.75, 3.05) is 33.1 Å². The molecule has 0 amide bonds. The van der Waals surface area contributed by atoms with Gasteiger partial charge in [-0.2, -0.15) is 0 Å². The predicted octanol–water partition coefficient (Wildman–Crippen LogP) is 1.88. The molecule has 0 fully saturated rings. The first-order valence-electron chi connectivity index (χ1n) is 8.44. The summed E-state index contributed by atoms with van der Waals surface area (Å²) in [6.45, 7) is 2.18. The van der Waals surface area contributed by atoms with E-state index < -0.39 is 0 Å². The first-order valence-corrected chi connectivity index (χ1v) is 9.26. The molecule has 0 N–H and O–H groups in total. The molecule has 1 aromatic rings. The fourth-order valence-electron chi connectivity index (χ4n) is 2.82. The summed E-state index contributed by atoms with van der Waals surface area (Å²) in [4.78, 5) is 4.75. The lowest BCUT2D eigenvalue weighted by atomic mass is 10.0. The van der Waals surface area contributed by atoms with Gasteiger partial charge < -0.3 is 17.3 Å². The van der Waals surface area contributed by atoms with Crippen LogP contribution in [0.25, 0.3) is 5.57 Å². The van der Waals surface area contributed by atoms with Gasteiger partial charge in [-0.15, -0.1) is 0 Å². The summed E-state index contributed by atoms with van der Waals surface area (Å²) in [7, 11) is 8.28. The first kappa shape index (κ1) is 20.3. The molecule has 0 saturated heterocycles. The summed E-state index contributed by atoms with van der Waals surface area (Å²) >= 11 is 1.84. The van der Waals surface area contributed by atoms with Crippen molar-refractivity contribution >= 4 is 28.7 Å². The van der Waals surface area contributed by atoms with Crippen LogP contribution in [0.1, 0.15) is 12.5 Å². The van der Waals surface area contributed by atoms with E-state index in [0.717, 1.165) is 0 Å². The van der Waals surface area contributed by atoms with Gasteiger partial charge in [0.15, 0.2) is 5.71 Å². The number of anilines is 1. The van der Waals surface area contributed by atoms with Crippen LogP contribution < -0.4 is 17.3 Å². The minimum Gasteiger partial charge on any atom is -1.00 e. The molecule has 0 aromatic heterocycles. The van der Waals surface area contributed by atoms with Crippen molar-refractivity contribution in [3.8, 4) is 0 Å². The second-order valence-corrected chi connectivity index (χ2v) is 7.99. The summed E-state index contributed by atoms with van der Waals surface area (Å²) in [5.41, 5.74) is 6.24. The normalized spacial score (nSPS) is 16.1. The average molecular weight is 385 g/mol. The number of benzene rings is 1. The number of rotatable bonds is 2. The number of hydrogen-bond donors (Lipinski definition) is 0. The second kappa shape index (κ2) is 8.61. The highest BCUT2D eigenvalue weighted by Gasteiger charge is 2.14. The topological polar surface area (TPSA) is 6.25 Å². The molecule has 1 aliphatic heterocycles. The molecule has 0 radical (unpaired) electrons. The summed E-state index contributed by atoms with van der Waals surface area (Å²) in [5, 5.41) is 0. The minimum absolute atomic E-state index is 0. The van der Waals surface area contributed by atoms with Crippen LogP contribution in [0.4, 0.5) is 5.69 Å². The zero-order valence-corrected chi connectivity index (χ0v) is 17.5. The first-order chi connectivity index (χ1) is 11.9. The Kier molecular flexibility index (Phi) is 6.74. The van der Waals surface area contributed by atoms with Gasteiger partial charge in [-0.25, -0.2) is 4.58 Å². The smallest absolute Gasteiger partial charge is 0.199 e. The summed E-state index contributed by atoms with van der Waals surface area (Å²) < 4.78 is 2.13. The number of hydrogen-bond acceptors (Lipinski definition) is 2. The van der Waals surface area contributed by atoms with E-state index in [0.29, 0.717) is 0 Å². The highest BCUT2D eigenvalue weighted by molar-refractivity contribution is 8.07. The Morgan fingerprint density at radius 3 is 2.04 bits per heavy atom. The lowest BCUT2D eigenvalue weighted by Crippen LogP contribution is -3.00. The van der Waals surface area contributed by atoms with Crippen LogP contribution in [-0.2, 0) is 0 Å². The maximum Gasteiger partial charge on any atom is 0.199 e. The molecule has 4 heteroatoms. The van der Waals surface area contributed by atoms with E-state index in [2.05, 4.69) is 105 Å². The Balaban J connectivity index is 0.00000243. The molecule has 1 aliphatic carbocycles. The van der Waals surface area contributed by atoms with Crippen LogP contribution in [0.2, 0.25) is 0 Å². The monoisotopic (exact) mass is 384 g/mol. The SMILES string of the molecule is CC1=CC(c2ccc(N(C)C)cc2)=CC(=C2C=CC(=[N+](C)C)C=C2)S1.[Cl-]. The van der Waals surface area contributed by atoms with Gasteiger partial charge in [0.05, 0.1) is 0 Å². The Labute approximate surface area is 167 Å². The maximum atomic E-state index is 2.30. The van der Waals surface area contributed by atoms with Crippen LogP contribution in [0, 0.1) is 0 Å². The third-order valence-electron chi connectivity index (χ3n) is 4.30. The zero-order chi connectivity index (χ0) is 18.0. The molecule has 1 aromatic carbocycles. The molecular formula is C22H25ClN2S. The van der Waals surface area contributed by atoms with Crippen LogP contribution in [0.3, 0.4) is 0 Å². The Morgan fingerprint density at radius 2 is 1.50 bits per heavy atom. The molecule has 0 spiro atoms. The van der Waals surface area contributed by atoms with Crippen LogP contribution >= 0.6 is 11.8 Å². The van der Waals surface area contributed by atoms with Crippen LogP contribution in [0.5, 0.6) is 0 Å². The fourth-order valence-corrected chi connectivity index (χ4v) is 3.79. The van der Waals surface area contributed by atoms with Crippen molar-refractivity contribution in [3.63, 3.8) is 0 Å². The molecular weight excluding hydrogens is 360 g/mol. The van der Waals surface area contributed by atoms with Gasteiger partial charge in [0.2, 0.25) is 0 Å². The summed E-state index contributed by atoms with van der Waals surface area (Å²) in [6, 6.07) is 8.75. The highest BCUT2D eigenvalue weighted by atomic mass is 35.5. The Bertz CT molecular complexity index is 844. The lowest BCUT2D eigenvalue weighted by Gasteiger charge is -2.17. The van der Waals surface area contributed by atoms with Gasteiger partial charge in [0.1, 0.15) is 14.1 Å². The quantitative estimate of drug-likeness (QED) is 0.718. The zero-order valence-electron chi connectivity index (χ0n) is 16.0. The summed E-state index contributed by atoms with van der Waals surface area (Å²) in [5.74, 6) is 0. The fraction of sp³-hybridized carbons (Fsp3) is 0.227. The molecule has 0 unspecified atom stereocenters. The number of nitrogens with zero attached hydrogens (tertiary/aromatic N) is 2. The Hall–Kier alpha value is -1.97. The molecule has 0 atom stereocenters. The van der Waals surface area contributed by atoms with E-state index in [-0.39, 0.29) is 12.4 Å². The van der Waals surface area contributed by atoms with Gasteiger partial charge in [-0.1, -0.05) is 23.9 Å². The van der Waals surface area contributed by atoms with E-state index in [9.17, 15) is 0 Å². The molecule has 0 saturated carbocycles. The van der Waals surface area contributed by atoms with Gasteiger partial charge in [-0.05, 0) is 65.0 Å². The summed E-state index contributed by atoms with van der Waals surface area (Å²) in [6.07, 6.45) is 13.3. The lowest BCUT2D eigenvalue weighted by molar-refractivity contribution is -0.462. The molecule has 2 aliphatic rings. The van der Waals surface area contributed by atoms with Crippen molar-refractivity contribution in [2.45, 2.75) is 6.92 Å². The van der Waals surface area contributed by atoms with E-state index in [1.165, 1.54) is 37.9 Å². The van der Waals surface area contributed by atoms with Gasteiger partial charge >= 0.3 is 0 Å². The van der Waals surface area contributed by atoms with Crippen LogP contribution in [0.15, 0.2) is 76.1 Å². The van der Waals surface area contributed by atoms with Crippen LogP contribution in [-0.4, -0.2) is 38.5 Å². The molecule has 0 bridgehead atoms. The second-order valence-electron chi connectivity index (χ2n) is 6.70. The number of thioether (sulfide) groups is 1. The van der Waals surface area contributed by atoms with Gasteiger partial charge in [0, 0.05) is 36.8 Å². The minimum atomic E-state index is 0. The van der Waals surface area contributed by atoms with E-state index in [4.69, 9.17) is 0 Å². The van der Waals surface area contributed by atoms with E-state index >= 15 is 0 Å². The van der Waals surface area contributed by atoms with E-state index in [1.54, 1.807) is 0 Å². The van der Waals surface area contributed by atoms with Crippen molar-refractivity contribution in [3.05, 3.63) is 81.7 Å². The third kappa shape index (κ3) is 4.60. The maximum absolute atomic E-state index is 2.30. The van der Waals surface area contributed by atoms with Crippen molar-refractivity contribution in [1.29, 1.82) is 0 Å². The van der Waals surface area contributed by atoms with Gasteiger partial charge in [0.25, 0.3) is 0 Å². The molecule has 2 nitrogen and oxygen atoms in total. The molecule has 1 heterocycles. The number of allylic oxidation sites excluding steroid dienone is 9. The molecule has 26 heavy (non-hydrogen) atoms. The van der Waals surface area contributed by atoms with Crippen molar-refractivity contribution in [1.82, 2.24) is 0 Å². The third-order valence-corrected chi connectivity index (χ3v) is 5.31. The molecule has 3 rings (SSSR count). The standard InChI is InChI=1S/C22H25N2S.ClH/c1-16-14-19(17-6-10-20(11-7-17)23(2)3)15-22(25-16)18-8-12-21(13-9-18)24(4)5;/h6-15H,1-5H3;1H/q+1;/p-1. The Morgan fingerprint density at radius 1 is 0.885 bits per heavy atom. The predicted molar refractivity (Wildman–Crippen MR) is 113 cm³/mol. The number of halogens is 1. The van der Waals surface area contributed by atoms with Crippen molar-refractivity contribution < 1.29 is 17.0 Å². The highest BCUT2D eigenvalue weighted by Crippen LogP contribution is 2.39. The van der Waals surface area contributed by atoms with Crippen molar-refractivity contribution in [2.24, 2.45) is 0 Å². The van der Waals surface area contributed by atoms with Gasteiger partial charge in [-0.3, -0.25) is 0 Å². The largest absolute Gasteiger partial charge is 1.00 e. The van der Waals surface area contributed by atoms with E-state index in [1.807, 2.05) is 11.8 Å².